The predicted molar refractivity (Wildman–Crippen MR) is 111 cm³/mol. The van der Waals surface area contributed by atoms with Gasteiger partial charge in [0.15, 0.2) is 0 Å². The third-order valence-corrected chi connectivity index (χ3v) is 5.95. The van der Waals surface area contributed by atoms with Crippen molar-refractivity contribution in [3.63, 3.8) is 0 Å². The highest BCUT2D eigenvalue weighted by atomic mass is 32.1. The predicted octanol–water partition coefficient (Wildman–Crippen LogP) is 4.26. The lowest BCUT2D eigenvalue weighted by Gasteiger charge is -2.27. The number of aromatic nitrogens is 2. The second-order valence-corrected chi connectivity index (χ2v) is 8.12. The molecule has 0 unspecified atom stereocenters. The van der Waals surface area contributed by atoms with Crippen LogP contribution in [0.4, 0.5) is 18.2 Å². The number of rotatable bonds is 5. The third kappa shape index (κ3) is 4.48. The van der Waals surface area contributed by atoms with Crippen LogP contribution in [-0.2, 0) is 17.5 Å². The number of thiophene rings is 1. The summed E-state index contributed by atoms with van der Waals surface area (Å²) in [6, 6.07) is 10.1. The number of carbonyl (C=O) groups is 1. The van der Waals surface area contributed by atoms with Gasteiger partial charge in [0.25, 0.3) is 5.91 Å². The van der Waals surface area contributed by atoms with Crippen LogP contribution in [-0.4, -0.2) is 34.8 Å². The van der Waals surface area contributed by atoms with Crippen LogP contribution in [0.1, 0.15) is 30.0 Å². The van der Waals surface area contributed by atoms with Crippen LogP contribution in [0, 0.1) is 0 Å². The van der Waals surface area contributed by atoms with Crippen LogP contribution in [0.2, 0.25) is 0 Å². The Bertz CT molecular complexity index is 1070. The Balaban J connectivity index is 1.42. The molecule has 1 saturated heterocycles. The Hall–Kier alpha value is -2.88. The standard InChI is InChI=1S/C20H20F3N5OS/c21-20(22,23)19-25-15-6-2-3-7-16(15)28(19)13-17(29)26-24-12-14-8-9-18(30-14)27-10-4-1-5-11-27/h2-3,6-9,12H,1,4-5,10-11,13H2,(H,26,29). The number of para-hydroxylation sites is 2. The normalized spacial score (nSPS) is 15.2. The molecule has 1 N–H and O–H groups in total. The zero-order valence-electron chi connectivity index (χ0n) is 16.0. The molecule has 10 heteroatoms. The first-order valence-electron chi connectivity index (χ1n) is 9.61. The number of piperidine rings is 1. The van der Waals surface area contributed by atoms with Crippen molar-refractivity contribution in [3.05, 3.63) is 47.1 Å². The summed E-state index contributed by atoms with van der Waals surface area (Å²) < 4.78 is 40.8. The molecule has 3 aromatic rings. The number of benzene rings is 1. The molecule has 0 aliphatic carbocycles. The minimum Gasteiger partial charge on any atom is -0.363 e. The minimum absolute atomic E-state index is 0.185. The summed E-state index contributed by atoms with van der Waals surface area (Å²) in [4.78, 5) is 19.0. The number of halogens is 3. The second-order valence-electron chi connectivity index (χ2n) is 7.02. The van der Waals surface area contributed by atoms with E-state index in [1.165, 1.54) is 37.6 Å². The van der Waals surface area contributed by atoms with E-state index in [4.69, 9.17) is 0 Å². The highest BCUT2D eigenvalue weighted by molar-refractivity contribution is 7.17. The number of amides is 1. The van der Waals surface area contributed by atoms with Crippen molar-refractivity contribution in [2.75, 3.05) is 18.0 Å². The number of hydrogen-bond donors (Lipinski definition) is 1. The molecule has 2 aromatic heterocycles. The van der Waals surface area contributed by atoms with Gasteiger partial charge in [0.2, 0.25) is 5.82 Å². The number of alkyl halides is 3. The lowest BCUT2D eigenvalue weighted by molar-refractivity contribution is -0.147. The van der Waals surface area contributed by atoms with Crippen LogP contribution in [0.5, 0.6) is 0 Å². The molecule has 4 rings (SSSR count). The monoisotopic (exact) mass is 435 g/mol. The van der Waals surface area contributed by atoms with Gasteiger partial charge in [-0.15, -0.1) is 11.3 Å². The molecule has 3 heterocycles. The molecule has 1 amide bonds. The maximum atomic E-state index is 13.3. The molecule has 0 spiro atoms. The van der Waals surface area contributed by atoms with Gasteiger partial charge in [-0.2, -0.15) is 18.3 Å². The van der Waals surface area contributed by atoms with Crippen molar-refractivity contribution >= 4 is 39.5 Å². The quantitative estimate of drug-likeness (QED) is 0.481. The average Bonchev–Trinajstić information content (AvgIpc) is 3.34. The van der Waals surface area contributed by atoms with E-state index in [1.54, 1.807) is 23.5 Å². The molecule has 158 valence electrons. The number of nitrogens with zero attached hydrogens (tertiary/aromatic N) is 4. The minimum atomic E-state index is -4.66. The fourth-order valence-electron chi connectivity index (χ4n) is 3.49. The van der Waals surface area contributed by atoms with Crippen molar-refractivity contribution < 1.29 is 18.0 Å². The second kappa shape index (κ2) is 8.47. The average molecular weight is 435 g/mol. The number of fused-ring (bicyclic) bond motifs is 1. The fraction of sp³-hybridized carbons (Fsp3) is 0.350. The fourth-order valence-corrected chi connectivity index (χ4v) is 4.43. The van der Waals surface area contributed by atoms with Crippen molar-refractivity contribution in [3.8, 4) is 0 Å². The molecule has 1 aliphatic heterocycles. The molecule has 1 fully saturated rings. The first-order valence-corrected chi connectivity index (χ1v) is 10.4. The van der Waals surface area contributed by atoms with Gasteiger partial charge in [0, 0.05) is 18.0 Å². The van der Waals surface area contributed by atoms with E-state index in [0.29, 0.717) is 0 Å². The largest absolute Gasteiger partial charge is 0.449 e. The van der Waals surface area contributed by atoms with E-state index >= 15 is 0 Å². The first kappa shape index (κ1) is 20.4. The number of hydrazone groups is 1. The Labute approximate surface area is 175 Å². The van der Waals surface area contributed by atoms with Gasteiger partial charge in [0.05, 0.1) is 22.2 Å². The number of anilines is 1. The van der Waals surface area contributed by atoms with Gasteiger partial charge in [-0.1, -0.05) is 12.1 Å². The summed E-state index contributed by atoms with van der Waals surface area (Å²) in [6.07, 6.45) is 0.460. The zero-order valence-corrected chi connectivity index (χ0v) is 16.8. The molecular formula is C20H20F3N5OS. The van der Waals surface area contributed by atoms with E-state index in [-0.39, 0.29) is 11.0 Å². The summed E-state index contributed by atoms with van der Waals surface area (Å²) in [5, 5.41) is 5.06. The van der Waals surface area contributed by atoms with Crippen molar-refractivity contribution in [2.24, 2.45) is 5.10 Å². The maximum absolute atomic E-state index is 13.3. The lowest BCUT2D eigenvalue weighted by atomic mass is 10.1. The SMILES string of the molecule is O=C(Cn1c(C(F)(F)F)nc2ccccc21)NN=Cc1ccc(N2CCCCC2)s1. The molecule has 0 saturated carbocycles. The van der Waals surface area contributed by atoms with Crippen molar-refractivity contribution in [1.82, 2.24) is 15.0 Å². The third-order valence-electron chi connectivity index (χ3n) is 4.87. The van der Waals surface area contributed by atoms with Crippen LogP contribution < -0.4 is 10.3 Å². The smallest absolute Gasteiger partial charge is 0.363 e. The Morgan fingerprint density at radius 3 is 2.70 bits per heavy atom. The number of imidazole rings is 1. The highest BCUT2D eigenvalue weighted by Crippen LogP contribution is 2.31. The van der Waals surface area contributed by atoms with Crippen LogP contribution in [0.15, 0.2) is 41.5 Å². The zero-order chi connectivity index (χ0) is 21.1. The first-order chi connectivity index (χ1) is 14.4. The Morgan fingerprint density at radius 1 is 1.17 bits per heavy atom. The number of nitrogens with one attached hydrogen (secondary N) is 1. The molecule has 6 nitrogen and oxygen atoms in total. The Morgan fingerprint density at radius 2 is 1.93 bits per heavy atom. The number of hydrogen-bond acceptors (Lipinski definition) is 5. The summed E-state index contributed by atoms with van der Waals surface area (Å²) in [6.45, 7) is 1.54. The van der Waals surface area contributed by atoms with Gasteiger partial charge in [-0.25, -0.2) is 10.4 Å². The number of carbonyl (C=O) groups excluding carboxylic acids is 1. The molecular weight excluding hydrogens is 415 g/mol. The van der Waals surface area contributed by atoms with Crippen molar-refractivity contribution in [1.29, 1.82) is 0 Å². The van der Waals surface area contributed by atoms with E-state index in [9.17, 15) is 18.0 Å². The van der Waals surface area contributed by atoms with Gasteiger partial charge < -0.3 is 9.47 Å². The lowest BCUT2D eigenvalue weighted by Crippen LogP contribution is -2.28. The van der Waals surface area contributed by atoms with Gasteiger partial charge in [-0.3, -0.25) is 4.79 Å². The highest BCUT2D eigenvalue weighted by Gasteiger charge is 2.37. The van der Waals surface area contributed by atoms with E-state index < -0.39 is 24.5 Å². The summed E-state index contributed by atoms with van der Waals surface area (Å²) in [5.41, 5.74) is 2.74. The molecule has 0 atom stereocenters. The van der Waals surface area contributed by atoms with Crippen LogP contribution >= 0.6 is 11.3 Å². The molecule has 30 heavy (non-hydrogen) atoms. The molecule has 0 bridgehead atoms. The van der Waals surface area contributed by atoms with Crippen LogP contribution in [0.3, 0.4) is 0 Å². The van der Waals surface area contributed by atoms with Gasteiger partial charge in [0.1, 0.15) is 6.54 Å². The molecule has 1 aliphatic rings. The summed E-state index contributed by atoms with van der Waals surface area (Å²) in [5.74, 6) is -1.76. The molecule has 0 radical (unpaired) electrons. The van der Waals surface area contributed by atoms with Gasteiger partial charge >= 0.3 is 6.18 Å². The Kier molecular flexibility index (Phi) is 5.76. The topological polar surface area (TPSA) is 62.5 Å². The van der Waals surface area contributed by atoms with Gasteiger partial charge in [-0.05, 0) is 43.5 Å². The van der Waals surface area contributed by atoms with Crippen molar-refractivity contribution in [2.45, 2.75) is 32.0 Å². The van der Waals surface area contributed by atoms with Crippen LogP contribution in [0.25, 0.3) is 11.0 Å². The summed E-state index contributed by atoms with van der Waals surface area (Å²) >= 11 is 1.57. The van der Waals surface area contributed by atoms with E-state index in [1.807, 2.05) is 12.1 Å². The molecule has 1 aromatic carbocycles. The van der Waals surface area contributed by atoms with E-state index in [0.717, 1.165) is 27.5 Å². The van der Waals surface area contributed by atoms with E-state index in [2.05, 4.69) is 20.4 Å². The maximum Gasteiger partial charge on any atom is 0.449 e. The summed E-state index contributed by atoms with van der Waals surface area (Å²) in [7, 11) is 0.